The normalized spacial score (nSPS) is 11.4. The van der Waals surface area contributed by atoms with Gasteiger partial charge in [-0.1, -0.05) is 23.8 Å². The molecule has 0 unspecified atom stereocenters. The van der Waals surface area contributed by atoms with Crippen molar-refractivity contribution in [2.24, 2.45) is 0 Å². The van der Waals surface area contributed by atoms with Gasteiger partial charge in [0.25, 0.3) is 5.91 Å². The van der Waals surface area contributed by atoms with Crippen LogP contribution in [0.2, 0.25) is 0 Å². The number of benzene rings is 2. The lowest BCUT2D eigenvalue weighted by atomic mass is 10.2. The zero-order valence-electron chi connectivity index (χ0n) is 13.3. The SMILES string of the molecule is COC(=O)c1cccc(NC(=O)[C@H](C)Oc2ccc(C)cc2)c1. The van der Waals surface area contributed by atoms with Gasteiger partial charge in [0.15, 0.2) is 6.10 Å². The third kappa shape index (κ3) is 4.57. The van der Waals surface area contributed by atoms with E-state index in [0.717, 1.165) is 5.56 Å². The van der Waals surface area contributed by atoms with E-state index < -0.39 is 12.1 Å². The summed E-state index contributed by atoms with van der Waals surface area (Å²) in [4.78, 5) is 23.7. The lowest BCUT2D eigenvalue weighted by molar-refractivity contribution is -0.122. The third-order valence-corrected chi connectivity index (χ3v) is 3.25. The first-order valence-electron chi connectivity index (χ1n) is 7.22. The summed E-state index contributed by atoms with van der Waals surface area (Å²) in [6.07, 6.45) is -0.667. The largest absolute Gasteiger partial charge is 0.481 e. The molecule has 120 valence electrons. The van der Waals surface area contributed by atoms with Crippen LogP contribution in [0.25, 0.3) is 0 Å². The van der Waals surface area contributed by atoms with Gasteiger partial charge < -0.3 is 14.8 Å². The van der Waals surface area contributed by atoms with Gasteiger partial charge >= 0.3 is 5.97 Å². The van der Waals surface area contributed by atoms with Gasteiger partial charge in [-0.3, -0.25) is 4.79 Å². The summed E-state index contributed by atoms with van der Waals surface area (Å²) in [5.41, 5.74) is 2.00. The molecule has 1 N–H and O–H groups in total. The number of carbonyl (C=O) groups is 2. The predicted octanol–water partition coefficient (Wildman–Crippen LogP) is 3.19. The Hall–Kier alpha value is -2.82. The Morgan fingerprint density at radius 3 is 2.43 bits per heavy atom. The van der Waals surface area contributed by atoms with Gasteiger partial charge in [0.2, 0.25) is 0 Å². The van der Waals surface area contributed by atoms with Crippen LogP contribution in [0.3, 0.4) is 0 Å². The van der Waals surface area contributed by atoms with Crippen molar-refractivity contribution < 1.29 is 19.1 Å². The highest BCUT2D eigenvalue weighted by atomic mass is 16.5. The molecule has 2 aromatic carbocycles. The molecule has 0 aliphatic rings. The molecular formula is C18H19NO4. The summed E-state index contributed by atoms with van der Waals surface area (Å²) in [7, 11) is 1.31. The molecule has 1 amide bonds. The zero-order chi connectivity index (χ0) is 16.8. The van der Waals surface area contributed by atoms with Crippen LogP contribution in [0, 0.1) is 6.92 Å². The van der Waals surface area contributed by atoms with Crippen molar-refractivity contribution in [2.75, 3.05) is 12.4 Å². The van der Waals surface area contributed by atoms with Gasteiger partial charge in [-0.15, -0.1) is 0 Å². The number of rotatable bonds is 5. The number of hydrogen-bond acceptors (Lipinski definition) is 4. The van der Waals surface area contributed by atoms with Crippen molar-refractivity contribution in [1.29, 1.82) is 0 Å². The van der Waals surface area contributed by atoms with E-state index in [0.29, 0.717) is 17.0 Å². The lowest BCUT2D eigenvalue weighted by Crippen LogP contribution is -2.30. The number of carbonyl (C=O) groups excluding carboxylic acids is 2. The number of nitrogens with one attached hydrogen (secondary N) is 1. The molecule has 0 saturated heterocycles. The van der Waals surface area contributed by atoms with E-state index in [4.69, 9.17) is 4.74 Å². The summed E-state index contributed by atoms with van der Waals surface area (Å²) in [5.74, 6) is -0.126. The van der Waals surface area contributed by atoms with Crippen molar-refractivity contribution >= 4 is 17.6 Å². The molecule has 2 aromatic rings. The van der Waals surface area contributed by atoms with Crippen LogP contribution in [0.1, 0.15) is 22.8 Å². The number of amides is 1. The number of esters is 1. The fourth-order valence-electron chi connectivity index (χ4n) is 1.96. The van der Waals surface area contributed by atoms with Crippen molar-refractivity contribution in [3.63, 3.8) is 0 Å². The van der Waals surface area contributed by atoms with Gasteiger partial charge in [-0.25, -0.2) is 4.79 Å². The summed E-state index contributed by atoms with van der Waals surface area (Å²) in [5, 5.41) is 2.72. The molecule has 5 heteroatoms. The Balaban J connectivity index is 2.00. The number of aryl methyl sites for hydroxylation is 1. The van der Waals surface area contributed by atoms with Gasteiger partial charge in [0, 0.05) is 5.69 Å². The Morgan fingerprint density at radius 1 is 1.09 bits per heavy atom. The van der Waals surface area contributed by atoms with Crippen LogP contribution in [-0.2, 0) is 9.53 Å². The van der Waals surface area contributed by atoms with Crippen molar-refractivity contribution in [3.8, 4) is 5.75 Å². The highest BCUT2D eigenvalue weighted by Gasteiger charge is 2.15. The van der Waals surface area contributed by atoms with E-state index in [-0.39, 0.29) is 5.91 Å². The zero-order valence-corrected chi connectivity index (χ0v) is 13.3. The fraction of sp³-hybridized carbons (Fsp3) is 0.222. The first kappa shape index (κ1) is 16.5. The van der Waals surface area contributed by atoms with E-state index >= 15 is 0 Å². The van der Waals surface area contributed by atoms with Crippen LogP contribution in [0.4, 0.5) is 5.69 Å². The van der Waals surface area contributed by atoms with E-state index in [1.807, 2.05) is 31.2 Å². The van der Waals surface area contributed by atoms with Crippen molar-refractivity contribution in [3.05, 3.63) is 59.7 Å². The second-order valence-corrected chi connectivity index (χ2v) is 5.13. The monoisotopic (exact) mass is 313 g/mol. The molecular weight excluding hydrogens is 294 g/mol. The number of methoxy groups -OCH3 is 1. The molecule has 0 bridgehead atoms. The van der Waals surface area contributed by atoms with E-state index in [9.17, 15) is 9.59 Å². The molecule has 1 atom stereocenters. The second-order valence-electron chi connectivity index (χ2n) is 5.13. The average molecular weight is 313 g/mol. The third-order valence-electron chi connectivity index (χ3n) is 3.25. The number of anilines is 1. The van der Waals surface area contributed by atoms with E-state index in [1.54, 1.807) is 31.2 Å². The summed E-state index contributed by atoms with van der Waals surface area (Å²) in [6, 6.07) is 14.0. The average Bonchev–Trinajstić information content (AvgIpc) is 2.56. The maximum atomic E-state index is 12.2. The molecule has 2 rings (SSSR count). The number of ether oxygens (including phenoxy) is 2. The van der Waals surface area contributed by atoms with E-state index in [2.05, 4.69) is 10.1 Å². The molecule has 0 saturated carbocycles. The molecule has 23 heavy (non-hydrogen) atoms. The Kier molecular flexibility index (Phi) is 5.36. The van der Waals surface area contributed by atoms with Gasteiger partial charge in [-0.2, -0.15) is 0 Å². The smallest absolute Gasteiger partial charge is 0.337 e. The molecule has 0 aliphatic carbocycles. The summed E-state index contributed by atoms with van der Waals surface area (Å²) in [6.45, 7) is 3.65. The maximum Gasteiger partial charge on any atom is 0.337 e. The molecule has 0 fully saturated rings. The molecule has 0 spiro atoms. The standard InChI is InChI=1S/C18H19NO4/c1-12-7-9-16(10-8-12)23-13(2)17(20)19-15-6-4-5-14(11-15)18(21)22-3/h4-11,13H,1-3H3,(H,19,20)/t13-/m0/s1. The molecule has 0 heterocycles. The van der Waals surface area contributed by atoms with Gasteiger partial charge in [0.05, 0.1) is 12.7 Å². The van der Waals surface area contributed by atoms with Crippen LogP contribution in [-0.4, -0.2) is 25.1 Å². The minimum atomic E-state index is -0.667. The van der Waals surface area contributed by atoms with Crippen LogP contribution in [0.15, 0.2) is 48.5 Å². The Labute approximate surface area is 135 Å². The summed E-state index contributed by atoms with van der Waals surface area (Å²) < 4.78 is 10.3. The van der Waals surface area contributed by atoms with Crippen molar-refractivity contribution in [1.82, 2.24) is 0 Å². The Morgan fingerprint density at radius 2 is 1.78 bits per heavy atom. The Bertz CT molecular complexity index is 694. The number of hydrogen-bond donors (Lipinski definition) is 1. The highest BCUT2D eigenvalue weighted by Crippen LogP contribution is 2.15. The van der Waals surface area contributed by atoms with Crippen LogP contribution >= 0.6 is 0 Å². The maximum absolute atomic E-state index is 12.2. The molecule has 0 radical (unpaired) electrons. The van der Waals surface area contributed by atoms with Crippen LogP contribution in [0.5, 0.6) is 5.75 Å². The lowest BCUT2D eigenvalue weighted by Gasteiger charge is -2.15. The topological polar surface area (TPSA) is 64.6 Å². The van der Waals surface area contributed by atoms with Gasteiger partial charge in [-0.05, 0) is 44.2 Å². The van der Waals surface area contributed by atoms with E-state index in [1.165, 1.54) is 7.11 Å². The first-order chi connectivity index (χ1) is 11.0. The second kappa shape index (κ2) is 7.45. The molecule has 0 aliphatic heterocycles. The highest BCUT2D eigenvalue weighted by molar-refractivity contribution is 5.96. The first-order valence-corrected chi connectivity index (χ1v) is 7.22. The van der Waals surface area contributed by atoms with Gasteiger partial charge in [0.1, 0.15) is 5.75 Å². The van der Waals surface area contributed by atoms with Crippen molar-refractivity contribution in [2.45, 2.75) is 20.0 Å². The quantitative estimate of drug-likeness (QED) is 0.861. The van der Waals surface area contributed by atoms with Crippen LogP contribution < -0.4 is 10.1 Å². The molecule has 5 nitrogen and oxygen atoms in total. The fourth-order valence-corrected chi connectivity index (χ4v) is 1.96. The predicted molar refractivity (Wildman–Crippen MR) is 87.7 cm³/mol. The minimum Gasteiger partial charge on any atom is -0.481 e. The minimum absolute atomic E-state index is 0.299. The summed E-state index contributed by atoms with van der Waals surface area (Å²) >= 11 is 0. The molecule has 0 aromatic heterocycles.